The summed E-state index contributed by atoms with van der Waals surface area (Å²) in [6, 6.07) is 8.53. The summed E-state index contributed by atoms with van der Waals surface area (Å²) in [5, 5.41) is 0.760. The molecule has 0 N–H and O–H groups in total. The molecule has 0 radical (unpaired) electrons. The van der Waals surface area contributed by atoms with Crippen molar-refractivity contribution in [1.82, 2.24) is 0 Å². The molecule has 0 atom stereocenters. The third kappa shape index (κ3) is 3.49. The number of carbonyl (C=O) groups is 2. The Morgan fingerprint density at radius 3 is 1.39 bits per heavy atom. The molecule has 0 aliphatic heterocycles. The number of hydrogen-bond acceptors (Lipinski definition) is 4. The summed E-state index contributed by atoms with van der Waals surface area (Å²) in [6.45, 7) is 9.91. The second kappa shape index (κ2) is 7.23. The Bertz CT molecular complexity index is 1090. The largest absolute Gasteiger partial charge is 0.423 e. The Balaban J connectivity index is 2.13. The summed E-state index contributed by atoms with van der Waals surface area (Å²) in [6.07, 6.45) is 0. The summed E-state index contributed by atoms with van der Waals surface area (Å²) < 4.78 is 39.5. The van der Waals surface area contributed by atoms with E-state index in [-0.39, 0.29) is 33.4 Å². The summed E-state index contributed by atoms with van der Waals surface area (Å²) in [7, 11) is 0. The molecule has 3 rings (SSSR count). The highest BCUT2D eigenvalue weighted by Crippen LogP contribution is 2.35. The van der Waals surface area contributed by atoms with Crippen LogP contribution in [0, 0.1) is 11.6 Å². The third-order valence-electron chi connectivity index (χ3n) is 4.06. The normalized spacial score (nSPS) is 10.7. The zero-order chi connectivity index (χ0) is 20.6. The fraction of sp³-hybridized carbons (Fsp3) is 0.0909. The van der Waals surface area contributed by atoms with Crippen LogP contribution in [0.25, 0.3) is 21.5 Å². The van der Waals surface area contributed by atoms with Crippen molar-refractivity contribution in [2.24, 2.45) is 0 Å². The summed E-state index contributed by atoms with van der Waals surface area (Å²) in [5.41, 5.74) is 0.365. The van der Waals surface area contributed by atoms with Crippen LogP contribution in [0.3, 0.4) is 0 Å². The van der Waals surface area contributed by atoms with Gasteiger partial charge in [-0.3, -0.25) is 0 Å². The first-order valence-electron chi connectivity index (χ1n) is 8.29. The second-order valence-corrected chi connectivity index (χ2v) is 6.38. The van der Waals surface area contributed by atoms with Gasteiger partial charge < -0.3 is 9.47 Å². The molecule has 3 aromatic rings. The molecule has 0 aromatic heterocycles. The predicted molar refractivity (Wildman–Crippen MR) is 102 cm³/mol. The number of halogens is 2. The van der Waals surface area contributed by atoms with Crippen LogP contribution in [0.4, 0.5) is 8.78 Å². The predicted octanol–water partition coefficient (Wildman–Crippen LogP) is 5.23. The van der Waals surface area contributed by atoms with Gasteiger partial charge in [-0.15, -0.1) is 0 Å². The van der Waals surface area contributed by atoms with E-state index in [1.165, 1.54) is 50.2 Å². The van der Waals surface area contributed by atoms with E-state index in [1.54, 1.807) is 0 Å². The molecule has 0 unspecified atom stereocenters. The highest BCUT2D eigenvalue weighted by molar-refractivity contribution is 6.09. The highest BCUT2D eigenvalue weighted by Gasteiger charge is 2.17. The van der Waals surface area contributed by atoms with E-state index in [4.69, 9.17) is 9.47 Å². The lowest BCUT2D eigenvalue weighted by molar-refractivity contribution is -0.130. The van der Waals surface area contributed by atoms with E-state index < -0.39 is 23.6 Å². The van der Waals surface area contributed by atoms with E-state index >= 15 is 0 Å². The molecule has 0 saturated carbocycles. The maximum Gasteiger partial charge on any atom is 0.338 e. The molecule has 0 aliphatic rings. The van der Waals surface area contributed by atoms with Gasteiger partial charge in [0.25, 0.3) is 0 Å². The van der Waals surface area contributed by atoms with Crippen LogP contribution in [-0.4, -0.2) is 11.9 Å². The quantitative estimate of drug-likeness (QED) is 0.268. The van der Waals surface area contributed by atoms with Crippen molar-refractivity contribution in [3.63, 3.8) is 0 Å². The molecule has 4 nitrogen and oxygen atoms in total. The van der Waals surface area contributed by atoms with Gasteiger partial charge in [0, 0.05) is 21.9 Å². The van der Waals surface area contributed by atoms with Gasteiger partial charge in [0.1, 0.15) is 11.5 Å². The van der Waals surface area contributed by atoms with Gasteiger partial charge in [-0.05, 0) is 61.0 Å². The summed E-state index contributed by atoms with van der Waals surface area (Å²) in [5.74, 6) is -3.37. The molecule has 142 valence electrons. The number of hydrogen-bond donors (Lipinski definition) is 0. The average molecular weight is 382 g/mol. The van der Waals surface area contributed by atoms with Crippen molar-refractivity contribution in [3.8, 4) is 11.5 Å². The molecule has 0 fully saturated rings. The molecule has 3 aromatic carbocycles. The van der Waals surface area contributed by atoms with Gasteiger partial charge in [0.05, 0.1) is 0 Å². The first-order valence-corrected chi connectivity index (χ1v) is 8.29. The fourth-order valence-corrected chi connectivity index (χ4v) is 2.63. The van der Waals surface area contributed by atoms with Crippen molar-refractivity contribution in [2.75, 3.05) is 0 Å². The van der Waals surface area contributed by atoms with Gasteiger partial charge in [-0.25, -0.2) is 18.4 Å². The third-order valence-corrected chi connectivity index (χ3v) is 4.06. The first-order chi connectivity index (χ1) is 13.2. The molecule has 28 heavy (non-hydrogen) atoms. The van der Waals surface area contributed by atoms with Gasteiger partial charge in [0.2, 0.25) is 0 Å². The van der Waals surface area contributed by atoms with Crippen LogP contribution in [0.2, 0.25) is 0 Å². The van der Waals surface area contributed by atoms with Gasteiger partial charge in [-0.2, -0.15) is 0 Å². The molecule has 0 heterocycles. The van der Waals surface area contributed by atoms with E-state index in [2.05, 4.69) is 13.2 Å². The van der Waals surface area contributed by atoms with E-state index in [9.17, 15) is 18.4 Å². The van der Waals surface area contributed by atoms with Gasteiger partial charge >= 0.3 is 11.9 Å². The topological polar surface area (TPSA) is 52.6 Å². The number of fused-ring (bicyclic) bond motifs is 3. The zero-order valence-electron chi connectivity index (χ0n) is 15.3. The standard InChI is InChI=1S/C22H16F2O4/c1-11(2)21(25)27-13-5-7-15-16-8-6-14(28-22(26)12(3)4)10-18(16)20(24)19(23)17(15)9-13/h5-10H,1,3H2,2,4H3. The monoisotopic (exact) mass is 382 g/mol. The van der Waals surface area contributed by atoms with Crippen molar-refractivity contribution in [2.45, 2.75) is 13.8 Å². The molecule has 0 saturated heterocycles. The molecular formula is C22H16F2O4. The van der Waals surface area contributed by atoms with Crippen molar-refractivity contribution < 1.29 is 27.8 Å². The van der Waals surface area contributed by atoms with Crippen LogP contribution in [0.1, 0.15) is 13.8 Å². The lowest BCUT2D eigenvalue weighted by Crippen LogP contribution is -2.08. The van der Waals surface area contributed by atoms with Crippen molar-refractivity contribution in [1.29, 1.82) is 0 Å². The number of rotatable bonds is 4. The molecule has 6 heteroatoms. The lowest BCUT2D eigenvalue weighted by atomic mass is 10.0. The number of carbonyl (C=O) groups excluding carboxylic acids is 2. The Kier molecular flexibility index (Phi) is 4.96. The van der Waals surface area contributed by atoms with E-state index in [1.807, 2.05) is 0 Å². The number of esters is 2. The average Bonchev–Trinajstić information content (AvgIpc) is 2.65. The summed E-state index contributed by atoms with van der Waals surface area (Å²) >= 11 is 0. The molecule has 0 aliphatic carbocycles. The van der Waals surface area contributed by atoms with Gasteiger partial charge in [-0.1, -0.05) is 13.2 Å². The van der Waals surface area contributed by atoms with Crippen LogP contribution in [-0.2, 0) is 9.59 Å². The van der Waals surface area contributed by atoms with E-state index in [0.29, 0.717) is 10.8 Å². The highest BCUT2D eigenvalue weighted by atomic mass is 19.2. The maximum atomic E-state index is 14.7. The molecule has 0 bridgehead atoms. The van der Waals surface area contributed by atoms with E-state index in [0.717, 1.165) is 0 Å². The van der Waals surface area contributed by atoms with Gasteiger partial charge in [0.15, 0.2) is 11.6 Å². The molecular weight excluding hydrogens is 366 g/mol. The maximum absolute atomic E-state index is 14.7. The van der Waals surface area contributed by atoms with Crippen molar-refractivity contribution >= 4 is 33.5 Å². The zero-order valence-corrected chi connectivity index (χ0v) is 15.3. The Morgan fingerprint density at radius 2 is 1.07 bits per heavy atom. The SMILES string of the molecule is C=C(C)C(=O)Oc1ccc2c(c1)c(F)c(F)c1cc(OC(=O)C(=C)C)ccc12. The number of benzene rings is 3. The summed E-state index contributed by atoms with van der Waals surface area (Å²) in [4.78, 5) is 23.3. The van der Waals surface area contributed by atoms with Crippen LogP contribution < -0.4 is 9.47 Å². The van der Waals surface area contributed by atoms with Crippen LogP contribution in [0.15, 0.2) is 60.7 Å². The van der Waals surface area contributed by atoms with Crippen LogP contribution in [0.5, 0.6) is 11.5 Å². The minimum Gasteiger partial charge on any atom is -0.423 e. The fourth-order valence-electron chi connectivity index (χ4n) is 2.63. The second-order valence-electron chi connectivity index (χ2n) is 6.38. The lowest BCUT2D eigenvalue weighted by Gasteiger charge is -2.11. The first kappa shape index (κ1) is 19.2. The Hall–Kier alpha value is -3.54. The minimum atomic E-state index is -1.10. The minimum absolute atomic E-state index is 0.0382. The molecule has 0 amide bonds. The van der Waals surface area contributed by atoms with Crippen molar-refractivity contribution in [3.05, 3.63) is 72.3 Å². The Morgan fingerprint density at radius 1 is 0.714 bits per heavy atom. The number of ether oxygens (including phenoxy) is 2. The molecule has 0 spiro atoms. The smallest absolute Gasteiger partial charge is 0.338 e. The Labute approximate surface area is 159 Å². The van der Waals surface area contributed by atoms with Crippen LogP contribution >= 0.6 is 0 Å².